The summed E-state index contributed by atoms with van der Waals surface area (Å²) in [6.07, 6.45) is -1.22. The molecule has 0 radical (unpaired) electrons. The fraction of sp³-hybridized carbons (Fsp3) is 0.423. The van der Waals surface area contributed by atoms with E-state index in [0.29, 0.717) is 23.5 Å². The first-order valence-corrected chi connectivity index (χ1v) is 11.9. The van der Waals surface area contributed by atoms with E-state index in [1.165, 1.54) is 31.5 Å². The third kappa shape index (κ3) is 7.60. The van der Waals surface area contributed by atoms with Crippen molar-refractivity contribution in [3.8, 4) is 0 Å². The number of hydrogen-bond donors (Lipinski definition) is 3. The van der Waals surface area contributed by atoms with Crippen molar-refractivity contribution in [2.75, 3.05) is 35.2 Å². The second-order valence-electron chi connectivity index (χ2n) is 9.16. The molecule has 2 fully saturated rings. The predicted octanol–water partition coefficient (Wildman–Crippen LogP) is 5.89. The highest BCUT2D eigenvalue weighted by molar-refractivity contribution is 6.00. The molecule has 37 heavy (non-hydrogen) atoms. The number of aryl methyl sites for hydroxylation is 1. The first-order chi connectivity index (χ1) is 17.5. The Morgan fingerprint density at radius 3 is 2.32 bits per heavy atom. The van der Waals surface area contributed by atoms with Crippen molar-refractivity contribution in [2.45, 2.75) is 51.4 Å². The molecule has 8 nitrogen and oxygen atoms in total. The van der Waals surface area contributed by atoms with Crippen molar-refractivity contribution in [1.29, 1.82) is 0 Å². The molecular weight excluding hydrogens is 487 g/mol. The number of alkyl halides is 3. The summed E-state index contributed by atoms with van der Waals surface area (Å²) in [5.41, 5.74) is 4.28. The number of rotatable bonds is 4. The molecule has 11 heteroatoms. The fourth-order valence-corrected chi connectivity index (χ4v) is 4.76. The van der Waals surface area contributed by atoms with Gasteiger partial charge in [-0.2, -0.15) is 13.2 Å². The number of carboxylic acids is 1. The minimum absolute atomic E-state index is 0.312. The molecule has 2 aliphatic rings. The van der Waals surface area contributed by atoms with E-state index >= 15 is 0 Å². The molecule has 2 aromatic rings. The number of urea groups is 1. The molecule has 0 spiro atoms. The zero-order chi connectivity index (χ0) is 27.2. The van der Waals surface area contributed by atoms with E-state index in [1.54, 1.807) is 24.3 Å². The number of carbonyl (C=O) groups excluding carboxylic acids is 1. The summed E-state index contributed by atoms with van der Waals surface area (Å²) in [6.45, 7) is 14.9. The third-order valence-corrected chi connectivity index (χ3v) is 6.51. The second-order valence-corrected chi connectivity index (χ2v) is 9.16. The number of likely N-dealkylation sites (tertiary alicyclic amines) is 1. The highest BCUT2D eigenvalue weighted by atomic mass is 19.4. The van der Waals surface area contributed by atoms with Gasteiger partial charge in [-0.05, 0) is 75.5 Å². The topological polar surface area (TPSA) is 89.3 Å². The highest BCUT2D eigenvalue weighted by Gasteiger charge is 2.38. The summed E-state index contributed by atoms with van der Waals surface area (Å²) >= 11 is 0. The molecule has 2 heterocycles. The lowest BCUT2D eigenvalue weighted by Gasteiger charge is -2.29. The van der Waals surface area contributed by atoms with Gasteiger partial charge in [0.05, 0.1) is 6.57 Å². The molecule has 2 saturated heterocycles. The second kappa shape index (κ2) is 12.0. The van der Waals surface area contributed by atoms with Gasteiger partial charge in [0.15, 0.2) is 5.69 Å². The molecule has 3 N–H and O–H groups in total. The number of carboxylic acid groups (broad SMARTS) is 1. The fourth-order valence-electron chi connectivity index (χ4n) is 4.76. The predicted molar refractivity (Wildman–Crippen MR) is 136 cm³/mol. The van der Waals surface area contributed by atoms with E-state index in [2.05, 4.69) is 45.2 Å². The van der Waals surface area contributed by atoms with Crippen LogP contribution in [0.2, 0.25) is 0 Å². The average Bonchev–Trinajstić information content (AvgIpc) is 3.48. The molecule has 0 aliphatic carbocycles. The lowest BCUT2D eigenvalue weighted by molar-refractivity contribution is -0.192. The number of nitrogens with one attached hydrogen (secondary N) is 2. The van der Waals surface area contributed by atoms with Gasteiger partial charge in [-0.1, -0.05) is 12.1 Å². The molecule has 2 atom stereocenters. The number of aliphatic carboxylic acids is 1. The normalized spacial score (nSPS) is 19.5. The number of halogens is 3. The Labute approximate surface area is 213 Å². The molecule has 2 unspecified atom stereocenters. The van der Waals surface area contributed by atoms with Crippen LogP contribution in [-0.2, 0) is 4.79 Å². The maximum atomic E-state index is 12.3. The number of hydrogen-bond acceptors (Lipinski definition) is 4. The van der Waals surface area contributed by atoms with Crippen molar-refractivity contribution >= 4 is 34.7 Å². The monoisotopic (exact) mass is 517 g/mol. The van der Waals surface area contributed by atoms with Crippen LogP contribution in [0.4, 0.5) is 40.7 Å². The molecular formula is C26H30F3N5O3. The van der Waals surface area contributed by atoms with Crippen LogP contribution in [0.25, 0.3) is 4.85 Å². The van der Waals surface area contributed by atoms with Gasteiger partial charge in [-0.15, -0.1) is 0 Å². The lowest BCUT2D eigenvalue weighted by atomic mass is 10.1. The van der Waals surface area contributed by atoms with Crippen LogP contribution in [-0.4, -0.2) is 59.9 Å². The lowest BCUT2D eigenvalue weighted by Crippen LogP contribution is -2.39. The third-order valence-electron chi connectivity index (χ3n) is 6.51. The van der Waals surface area contributed by atoms with E-state index in [4.69, 9.17) is 16.5 Å². The van der Waals surface area contributed by atoms with Gasteiger partial charge in [0.25, 0.3) is 0 Å². The quantitative estimate of drug-likeness (QED) is 0.441. The molecule has 0 aromatic heterocycles. The Kier molecular flexibility index (Phi) is 8.99. The molecule has 4 rings (SSSR count). The number of anilines is 3. The average molecular weight is 518 g/mol. The van der Waals surface area contributed by atoms with Gasteiger partial charge in [-0.25, -0.2) is 14.4 Å². The maximum Gasteiger partial charge on any atom is 0.490 e. The van der Waals surface area contributed by atoms with Crippen molar-refractivity contribution < 1.29 is 27.9 Å². The molecule has 0 bridgehead atoms. The Morgan fingerprint density at radius 2 is 1.76 bits per heavy atom. The summed E-state index contributed by atoms with van der Waals surface area (Å²) in [5.74, 6) is -2.76. The van der Waals surface area contributed by atoms with E-state index in [0.717, 1.165) is 24.3 Å². The van der Waals surface area contributed by atoms with Crippen LogP contribution < -0.4 is 15.5 Å². The summed E-state index contributed by atoms with van der Waals surface area (Å²) in [4.78, 5) is 29.8. The standard InChI is InChI=1S/C24H29N5O.C2HF3O2/c1-17-14-21(27-24(30)26-20-8-4-7-19(15-20)25-3)9-10-23(17)28-13-11-22(16-28)29-12-5-6-18(29)2;3-2(4,5)1(6)7/h4,7-10,14-15,18,22H,5-6,11-13,16H2,1-2H3,(H2,26,27,30);(H,6,7). The van der Waals surface area contributed by atoms with Crippen molar-refractivity contribution in [1.82, 2.24) is 4.90 Å². The first-order valence-electron chi connectivity index (χ1n) is 11.9. The first kappa shape index (κ1) is 27.8. The van der Waals surface area contributed by atoms with Gasteiger partial charge >= 0.3 is 18.2 Å². The Hall–Kier alpha value is -3.78. The summed E-state index contributed by atoms with van der Waals surface area (Å²) < 4.78 is 31.7. The van der Waals surface area contributed by atoms with Gasteiger partial charge in [0.2, 0.25) is 0 Å². The van der Waals surface area contributed by atoms with Crippen molar-refractivity contribution in [3.63, 3.8) is 0 Å². The van der Waals surface area contributed by atoms with E-state index in [-0.39, 0.29) is 6.03 Å². The summed E-state index contributed by atoms with van der Waals surface area (Å²) in [5, 5.41) is 12.8. The van der Waals surface area contributed by atoms with E-state index < -0.39 is 12.1 Å². The van der Waals surface area contributed by atoms with Crippen LogP contribution in [0, 0.1) is 13.5 Å². The largest absolute Gasteiger partial charge is 0.490 e. The minimum Gasteiger partial charge on any atom is -0.475 e. The smallest absolute Gasteiger partial charge is 0.475 e. The van der Waals surface area contributed by atoms with Gasteiger partial charge in [-0.3, -0.25) is 4.90 Å². The molecule has 2 amide bonds. The Bertz CT molecular complexity index is 1160. The number of nitrogens with zero attached hydrogens (tertiary/aromatic N) is 3. The van der Waals surface area contributed by atoms with Crippen LogP contribution >= 0.6 is 0 Å². The van der Waals surface area contributed by atoms with Gasteiger partial charge < -0.3 is 20.6 Å². The number of benzene rings is 2. The number of carbonyl (C=O) groups is 2. The van der Waals surface area contributed by atoms with Gasteiger partial charge in [0, 0.05) is 42.2 Å². The highest BCUT2D eigenvalue weighted by Crippen LogP contribution is 2.31. The summed E-state index contributed by atoms with van der Waals surface area (Å²) in [6, 6.07) is 14.0. The molecule has 2 aromatic carbocycles. The zero-order valence-corrected chi connectivity index (χ0v) is 20.7. The molecule has 198 valence electrons. The summed E-state index contributed by atoms with van der Waals surface area (Å²) in [7, 11) is 0. The number of amides is 2. The Morgan fingerprint density at radius 1 is 1.08 bits per heavy atom. The van der Waals surface area contributed by atoms with Gasteiger partial charge in [0.1, 0.15) is 0 Å². The Balaban J connectivity index is 0.000000479. The molecule has 2 aliphatic heterocycles. The zero-order valence-electron chi connectivity index (χ0n) is 20.7. The van der Waals surface area contributed by atoms with Crippen LogP contribution in [0.1, 0.15) is 31.7 Å². The molecule has 0 saturated carbocycles. The van der Waals surface area contributed by atoms with E-state index in [9.17, 15) is 18.0 Å². The maximum absolute atomic E-state index is 12.3. The van der Waals surface area contributed by atoms with Crippen LogP contribution in [0.5, 0.6) is 0 Å². The van der Waals surface area contributed by atoms with Crippen molar-refractivity contribution in [3.05, 3.63) is 59.4 Å². The van der Waals surface area contributed by atoms with Crippen LogP contribution in [0.15, 0.2) is 42.5 Å². The van der Waals surface area contributed by atoms with E-state index in [1.807, 2.05) is 12.1 Å². The SMILES string of the molecule is O=C(O)C(F)(F)F.[C-]#[N+]c1cccc(NC(=O)Nc2ccc(N3CCC(N4CCCC4C)C3)c(C)c2)c1. The van der Waals surface area contributed by atoms with Crippen molar-refractivity contribution in [2.24, 2.45) is 0 Å². The minimum atomic E-state index is -5.08. The van der Waals surface area contributed by atoms with Crippen LogP contribution in [0.3, 0.4) is 0 Å².